The van der Waals surface area contributed by atoms with E-state index in [1.54, 1.807) is 0 Å². The van der Waals surface area contributed by atoms with Gasteiger partial charge in [0.1, 0.15) is 0 Å². The van der Waals surface area contributed by atoms with Gasteiger partial charge in [0.2, 0.25) is 0 Å². The van der Waals surface area contributed by atoms with Crippen molar-refractivity contribution in [3.05, 3.63) is 48.0 Å². The third-order valence-electron chi connectivity index (χ3n) is 5.07. The first-order valence-corrected chi connectivity index (χ1v) is 8.56. The maximum absolute atomic E-state index is 6.86. The summed E-state index contributed by atoms with van der Waals surface area (Å²) in [7, 11) is 0. The van der Waals surface area contributed by atoms with E-state index in [0.717, 1.165) is 12.8 Å². The second-order valence-corrected chi connectivity index (χ2v) is 6.69. The van der Waals surface area contributed by atoms with Crippen LogP contribution in [-0.4, -0.2) is 0 Å². The van der Waals surface area contributed by atoms with Gasteiger partial charge < -0.3 is 5.73 Å². The zero-order valence-electron chi connectivity index (χ0n) is 13.0. The quantitative estimate of drug-likeness (QED) is 0.732. The molecule has 1 nitrogen and oxygen atoms in total. The van der Waals surface area contributed by atoms with E-state index in [1.807, 2.05) is 0 Å². The summed E-state index contributed by atoms with van der Waals surface area (Å²) in [6.45, 7) is 0. The Morgan fingerprint density at radius 1 is 0.667 bits per heavy atom. The molecule has 1 saturated carbocycles. The van der Waals surface area contributed by atoms with Crippen LogP contribution in [-0.2, 0) is 5.54 Å². The van der Waals surface area contributed by atoms with E-state index in [9.17, 15) is 0 Å². The molecule has 1 heteroatoms. The largest absolute Gasteiger partial charge is 0.321 e. The Kier molecular flexibility index (Phi) is 4.60. The van der Waals surface area contributed by atoms with Crippen LogP contribution in [0.3, 0.4) is 0 Å². The van der Waals surface area contributed by atoms with Gasteiger partial charge in [-0.25, -0.2) is 0 Å². The molecule has 0 amide bonds. The molecule has 2 aromatic rings. The van der Waals surface area contributed by atoms with Crippen molar-refractivity contribution >= 4 is 10.8 Å². The fourth-order valence-corrected chi connectivity index (χ4v) is 3.68. The Balaban J connectivity index is 1.88. The van der Waals surface area contributed by atoms with Gasteiger partial charge in [0.15, 0.2) is 0 Å². The molecule has 0 atom stereocenters. The fourth-order valence-electron chi connectivity index (χ4n) is 3.68. The molecule has 0 unspecified atom stereocenters. The molecule has 2 N–H and O–H groups in total. The summed E-state index contributed by atoms with van der Waals surface area (Å²) in [6, 6.07) is 15.4. The van der Waals surface area contributed by atoms with Crippen molar-refractivity contribution in [1.82, 2.24) is 0 Å². The highest BCUT2D eigenvalue weighted by Crippen LogP contribution is 2.33. The van der Waals surface area contributed by atoms with Crippen LogP contribution in [0.4, 0.5) is 0 Å². The van der Waals surface area contributed by atoms with Gasteiger partial charge in [0.05, 0.1) is 0 Å². The first kappa shape index (κ1) is 14.6. The van der Waals surface area contributed by atoms with Crippen LogP contribution in [0.15, 0.2) is 42.5 Å². The Hall–Kier alpha value is -1.34. The maximum atomic E-state index is 6.86. The Morgan fingerprint density at radius 2 is 1.24 bits per heavy atom. The van der Waals surface area contributed by atoms with E-state index >= 15 is 0 Å². The monoisotopic (exact) mass is 281 g/mol. The summed E-state index contributed by atoms with van der Waals surface area (Å²) in [5.41, 5.74) is 8.07. The highest BCUT2D eigenvalue weighted by molar-refractivity contribution is 5.83. The molecule has 0 aliphatic heterocycles. The Morgan fingerprint density at radius 3 is 1.90 bits per heavy atom. The van der Waals surface area contributed by atoms with Crippen molar-refractivity contribution in [1.29, 1.82) is 0 Å². The van der Waals surface area contributed by atoms with Crippen LogP contribution in [0.1, 0.15) is 63.4 Å². The van der Waals surface area contributed by atoms with E-state index in [1.165, 1.54) is 61.3 Å². The molecular weight excluding hydrogens is 254 g/mol. The van der Waals surface area contributed by atoms with Gasteiger partial charge in [-0.05, 0) is 35.2 Å². The number of rotatable bonds is 1. The molecule has 0 bridgehead atoms. The van der Waals surface area contributed by atoms with Gasteiger partial charge in [0.25, 0.3) is 0 Å². The van der Waals surface area contributed by atoms with Crippen LogP contribution < -0.4 is 5.73 Å². The highest BCUT2D eigenvalue weighted by Gasteiger charge is 2.26. The van der Waals surface area contributed by atoms with E-state index in [2.05, 4.69) is 42.5 Å². The second kappa shape index (κ2) is 6.62. The van der Waals surface area contributed by atoms with E-state index in [0.29, 0.717) is 0 Å². The van der Waals surface area contributed by atoms with Gasteiger partial charge in [-0.3, -0.25) is 0 Å². The minimum absolute atomic E-state index is 0.124. The van der Waals surface area contributed by atoms with Crippen LogP contribution in [0, 0.1) is 0 Å². The van der Waals surface area contributed by atoms with Crippen molar-refractivity contribution in [3.63, 3.8) is 0 Å². The summed E-state index contributed by atoms with van der Waals surface area (Å²) in [6.07, 6.45) is 11.7. The minimum atomic E-state index is -0.124. The van der Waals surface area contributed by atoms with Crippen molar-refractivity contribution < 1.29 is 0 Å². The molecule has 1 fully saturated rings. The molecule has 0 aromatic heterocycles. The molecule has 2 aromatic carbocycles. The topological polar surface area (TPSA) is 26.0 Å². The zero-order chi connectivity index (χ0) is 14.5. The zero-order valence-corrected chi connectivity index (χ0v) is 13.0. The third kappa shape index (κ3) is 3.47. The molecule has 3 rings (SSSR count). The molecule has 112 valence electrons. The summed E-state index contributed by atoms with van der Waals surface area (Å²) >= 11 is 0. The standard InChI is InChI=1S/C20H27N/c21-20(14-8-4-2-1-3-5-9-15-20)19-13-12-17-10-6-7-11-18(17)16-19/h6-7,10-13,16H,1-5,8-9,14-15,21H2. The molecule has 0 radical (unpaired) electrons. The normalized spacial score (nSPS) is 20.2. The predicted molar refractivity (Wildman–Crippen MR) is 91.4 cm³/mol. The Labute approximate surface area is 128 Å². The van der Waals surface area contributed by atoms with Crippen molar-refractivity contribution in [2.45, 2.75) is 63.3 Å². The average molecular weight is 281 g/mol. The number of hydrogen-bond donors (Lipinski definition) is 1. The van der Waals surface area contributed by atoms with Gasteiger partial charge in [-0.2, -0.15) is 0 Å². The lowest BCUT2D eigenvalue weighted by atomic mass is 9.80. The molecule has 21 heavy (non-hydrogen) atoms. The number of hydrogen-bond acceptors (Lipinski definition) is 1. The summed E-state index contributed by atoms with van der Waals surface area (Å²) in [5.74, 6) is 0. The number of fused-ring (bicyclic) bond motifs is 1. The van der Waals surface area contributed by atoms with Gasteiger partial charge >= 0.3 is 0 Å². The summed E-state index contributed by atoms with van der Waals surface area (Å²) < 4.78 is 0. The van der Waals surface area contributed by atoms with Gasteiger partial charge in [-0.1, -0.05) is 81.3 Å². The Bertz CT molecular complexity index is 577. The minimum Gasteiger partial charge on any atom is -0.321 e. The number of benzene rings is 2. The van der Waals surface area contributed by atoms with Gasteiger partial charge in [0, 0.05) is 5.54 Å². The lowest BCUT2D eigenvalue weighted by molar-refractivity contribution is 0.334. The predicted octanol–water partition coefficient (Wildman–Crippen LogP) is 5.52. The fraction of sp³-hybridized carbons (Fsp3) is 0.500. The lowest BCUT2D eigenvalue weighted by Crippen LogP contribution is -2.36. The molecular formula is C20H27N. The average Bonchev–Trinajstić information content (AvgIpc) is 2.53. The van der Waals surface area contributed by atoms with Crippen LogP contribution in [0.25, 0.3) is 10.8 Å². The molecule has 1 aliphatic carbocycles. The van der Waals surface area contributed by atoms with Crippen LogP contribution >= 0.6 is 0 Å². The SMILES string of the molecule is NC1(c2ccc3ccccc3c2)CCCCCCCCC1. The van der Waals surface area contributed by atoms with Crippen molar-refractivity contribution in [3.8, 4) is 0 Å². The highest BCUT2D eigenvalue weighted by atomic mass is 14.7. The molecule has 0 spiro atoms. The molecule has 1 aliphatic rings. The van der Waals surface area contributed by atoms with Crippen molar-refractivity contribution in [2.24, 2.45) is 5.73 Å². The molecule has 0 saturated heterocycles. The second-order valence-electron chi connectivity index (χ2n) is 6.69. The van der Waals surface area contributed by atoms with Crippen molar-refractivity contribution in [2.75, 3.05) is 0 Å². The summed E-state index contributed by atoms with van der Waals surface area (Å²) in [4.78, 5) is 0. The number of nitrogens with two attached hydrogens (primary N) is 1. The molecule has 0 heterocycles. The van der Waals surface area contributed by atoms with Crippen LogP contribution in [0.2, 0.25) is 0 Å². The third-order valence-corrected chi connectivity index (χ3v) is 5.07. The first-order valence-electron chi connectivity index (χ1n) is 8.56. The van der Waals surface area contributed by atoms with E-state index < -0.39 is 0 Å². The van der Waals surface area contributed by atoms with E-state index in [-0.39, 0.29) is 5.54 Å². The van der Waals surface area contributed by atoms with Crippen LogP contribution in [0.5, 0.6) is 0 Å². The van der Waals surface area contributed by atoms with E-state index in [4.69, 9.17) is 5.73 Å². The van der Waals surface area contributed by atoms with Gasteiger partial charge in [-0.15, -0.1) is 0 Å². The summed E-state index contributed by atoms with van der Waals surface area (Å²) in [5, 5.41) is 2.63. The smallest absolute Gasteiger partial charge is 0.0409 e. The first-order chi connectivity index (χ1) is 10.3. The maximum Gasteiger partial charge on any atom is 0.0409 e. The lowest BCUT2D eigenvalue weighted by Gasteiger charge is -2.31.